The number of esters is 1. The molecule has 0 heterocycles. The van der Waals surface area contributed by atoms with Crippen LogP contribution in [-0.4, -0.2) is 55.6 Å². The van der Waals surface area contributed by atoms with Crippen molar-refractivity contribution < 1.29 is 28.7 Å². The Hall–Kier alpha value is -2.84. The Kier molecular flexibility index (Phi) is 6.51. The zero-order valence-corrected chi connectivity index (χ0v) is 14.2. The van der Waals surface area contributed by atoms with E-state index in [1.807, 2.05) is 0 Å². The van der Waals surface area contributed by atoms with Gasteiger partial charge in [-0.1, -0.05) is 0 Å². The van der Waals surface area contributed by atoms with E-state index >= 15 is 0 Å². The van der Waals surface area contributed by atoms with Crippen molar-refractivity contribution in [2.75, 3.05) is 27.8 Å². The number of nitrogens with zero attached hydrogens (tertiary/aromatic N) is 2. The molecule has 1 atom stereocenters. The molecule has 0 spiro atoms. The van der Waals surface area contributed by atoms with Crippen molar-refractivity contribution in [3.8, 4) is 11.5 Å². The van der Waals surface area contributed by atoms with E-state index in [0.29, 0.717) is 0 Å². The van der Waals surface area contributed by atoms with Gasteiger partial charge in [0.15, 0.2) is 17.6 Å². The number of carbonyl (C=O) groups excluding carboxylic acids is 2. The third-order valence-electron chi connectivity index (χ3n) is 3.07. The molecule has 9 nitrogen and oxygen atoms in total. The maximum absolute atomic E-state index is 12.3. The van der Waals surface area contributed by atoms with Crippen molar-refractivity contribution in [2.45, 2.75) is 20.0 Å². The minimum atomic E-state index is -1.08. The molecule has 1 aromatic rings. The number of benzene rings is 1. The number of methoxy groups -OCH3 is 1. The van der Waals surface area contributed by atoms with Crippen LogP contribution in [0.1, 0.15) is 24.2 Å². The van der Waals surface area contributed by atoms with Crippen LogP contribution in [-0.2, 0) is 9.53 Å². The largest absolute Gasteiger partial charge is 0.493 e. The smallest absolute Gasteiger partial charge is 0.346 e. The van der Waals surface area contributed by atoms with Crippen LogP contribution in [0, 0.1) is 10.1 Å². The molecule has 9 heteroatoms. The number of hydrogen-bond acceptors (Lipinski definition) is 7. The quantitative estimate of drug-likeness (QED) is 0.422. The van der Waals surface area contributed by atoms with E-state index in [1.54, 1.807) is 6.92 Å². The molecule has 1 rings (SSSR count). The summed E-state index contributed by atoms with van der Waals surface area (Å²) in [6.45, 7) is 3.37. The molecule has 0 saturated heterocycles. The van der Waals surface area contributed by atoms with Crippen LogP contribution in [0.2, 0.25) is 0 Å². The Morgan fingerprint density at radius 2 is 1.92 bits per heavy atom. The summed E-state index contributed by atoms with van der Waals surface area (Å²) in [5.41, 5.74) is -0.813. The topological polar surface area (TPSA) is 108 Å². The van der Waals surface area contributed by atoms with Gasteiger partial charge in [0.05, 0.1) is 24.7 Å². The highest BCUT2D eigenvalue weighted by molar-refractivity contribution is 5.96. The van der Waals surface area contributed by atoms with Crippen LogP contribution in [0.4, 0.5) is 5.69 Å². The van der Waals surface area contributed by atoms with E-state index in [4.69, 9.17) is 14.2 Å². The maximum Gasteiger partial charge on any atom is 0.346 e. The lowest BCUT2D eigenvalue weighted by Gasteiger charge is -2.17. The number of rotatable bonds is 7. The van der Waals surface area contributed by atoms with Crippen molar-refractivity contribution in [3.05, 3.63) is 27.8 Å². The van der Waals surface area contributed by atoms with Crippen molar-refractivity contribution in [2.24, 2.45) is 0 Å². The summed E-state index contributed by atoms with van der Waals surface area (Å²) in [5, 5.41) is 11.2. The second kappa shape index (κ2) is 8.14. The van der Waals surface area contributed by atoms with Crippen LogP contribution in [0.3, 0.4) is 0 Å². The Bertz CT molecular complexity index is 643. The van der Waals surface area contributed by atoms with Crippen molar-refractivity contribution in [3.63, 3.8) is 0 Å². The summed E-state index contributed by atoms with van der Waals surface area (Å²) in [5.74, 6) is -1.14. The Balaban J connectivity index is 3.23. The van der Waals surface area contributed by atoms with Crippen molar-refractivity contribution in [1.82, 2.24) is 4.90 Å². The molecule has 0 aliphatic carbocycles. The molecule has 0 aliphatic rings. The van der Waals surface area contributed by atoms with Gasteiger partial charge in [0.2, 0.25) is 0 Å². The number of likely N-dealkylation sites (N-methyl/N-ethyl adjacent to an activating group) is 1. The Labute approximate surface area is 139 Å². The average molecular weight is 340 g/mol. The lowest BCUT2D eigenvalue weighted by Crippen LogP contribution is -2.35. The minimum absolute atomic E-state index is 0.140. The highest BCUT2D eigenvalue weighted by Gasteiger charge is 2.28. The lowest BCUT2D eigenvalue weighted by atomic mass is 10.1. The minimum Gasteiger partial charge on any atom is -0.493 e. The molecule has 132 valence electrons. The van der Waals surface area contributed by atoms with E-state index in [1.165, 1.54) is 33.0 Å². The zero-order chi connectivity index (χ0) is 18.4. The molecule has 0 N–H and O–H groups in total. The number of nitro groups is 1. The van der Waals surface area contributed by atoms with Crippen LogP contribution >= 0.6 is 0 Å². The van der Waals surface area contributed by atoms with Crippen molar-refractivity contribution in [1.29, 1.82) is 0 Å². The summed E-state index contributed by atoms with van der Waals surface area (Å²) >= 11 is 0. The molecular formula is C15H20N2O7. The van der Waals surface area contributed by atoms with Gasteiger partial charge >= 0.3 is 5.97 Å². The van der Waals surface area contributed by atoms with Crippen LogP contribution in [0.25, 0.3) is 0 Å². The molecule has 0 aliphatic heterocycles. The number of hydrogen-bond donors (Lipinski definition) is 0. The fourth-order valence-electron chi connectivity index (χ4n) is 1.93. The third kappa shape index (κ3) is 4.34. The molecule has 24 heavy (non-hydrogen) atoms. The second-order valence-corrected chi connectivity index (χ2v) is 4.99. The van der Waals surface area contributed by atoms with Gasteiger partial charge in [0.25, 0.3) is 11.6 Å². The van der Waals surface area contributed by atoms with Gasteiger partial charge in [-0.3, -0.25) is 14.9 Å². The summed E-state index contributed by atoms with van der Waals surface area (Å²) in [4.78, 5) is 35.8. The fourth-order valence-corrected chi connectivity index (χ4v) is 1.93. The van der Waals surface area contributed by atoms with Gasteiger partial charge in [0, 0.05) is 20.2 Å². The monoisotopic (exact) mass is 340 g/mol. The first kappa shape index (κ1) is 19.2. The summed E-state index contributed by atoms with van der Waals surface area (Å²) < 4.78 is 15.4. The first-order valence-electron chi connectivity index (χ1n) is 7.14. The highest BCUT2D eigenvalue weighted by Crippen LogP contribution is 2.35. The summed E-state index contributed by atoms with van der Waals surface area (Å²) in [6, 6.07) is 2.26. The highest BCUT2D eigenvalue weighted by atomic mass is 16.6. The van der Waals surface area contributed by atoms with Gasteiger partial charge in [0.1, 0.15) is 5.56 Å². The number of amides is 1. The van der Waals surface area contributed by atoms with Crippen LogP contribution < -0.4 is 9.47 Å². The molecule has 1 amide bonds. The van der Waals surface area contributed by atoms with E-state index < -0.39 is 28.6 Å². The van der Waals surface area contributed by atoms with Gasteiger partial charge in [-0.15, -0.1) is 0 Å². The van der Waals surface area contributed by atoms with Crippen molar-refractivity contribution >= 4 is 17.6 Å². The van der Waals surface area contributed by atoms with Gasteiger partial charge in [-0.2, -0.15) is 0 Å². The normalized spacial score (nSPS) is 11.4. The van der Waals surface area contributed by atoms with Gasteiger partial charge < -0.3 is 19.1 Å². The molecule has 0 bridgehead atoms. The van der Waals surface area contributed by atoms with Gasteiger partial charge in [-0.25, -0.2) is 4.79 Å². The second-order valence-electron chi connectivity index (χ2n) is 4.99. The molecule has 1 aromatic carbocycles. The first-order chi connectivity index (χ1) is 11.2. The predicted molar refractivity (Wildman–Crippen MR) is 84.4 cm³/mol. The van der Waals surface area contributed by atoms with Gasteiger partial charge in [-0.05, 0) is 13.8 Å². The van der Waals surface area contributed by atoms with E-state index in [2.05, 4.69) is 0 Å². The Morgan fingerprint density at radius 3 is 2.38 bits per heavy atom. The molecule has 0 saturated carbocycles. The first-order valence-corrected chi connectivity index (χ1v) is 7.14. The zero-order valence-electron chi connectivity index (χ0n) is 14.2. The number of ether oxygens (including phenoxy) is 3. The predicted octanol–water partition coefficient (Wildman–Crippen LogP) is 1.64. The standard InChI is InChI=1S/C15H20N2O7/c1-6-23-13-8-11(17(20)21)10(7-12(13)22-5)15(19)24-9(2)14(18)16(3)4/h7-9H,6H2,1-5H3/t9-/m1/s1. The SMILES string of the molecule is CCOc1cc([N+](=O)[O-])c(C(=O)O[C@H](C)C(=O)N(C)C)cc1OC. The molecule has 0 unspecified atom stereocenters. The molecule has 0 fully saturated rings. The van der Waals surface area contributed by atoms with Crippen LogP contribution in [0.5, 0.6) is 11.5 Å². The number of carbonyl (C=O) groups is 2. The van der Waals surface area contributed by atoms with E-state index in [-0.39, 0.29) is 23.7 Å². The maximum atomic E-state index is 12.3. The third-order valence-corrected chi connectivity index (χ3v) is 3.07. The van der Waals surface area contributed by atoms with E-state index in [9.17, 15) is 19.7 Å². The summed E-state index contributed by atoms with van der Waals surface area (Å²) in [7, 11) is 4.36. The molecule has 0 aromatic heterocycles. The van der Waals surface area contributed by atoms with Crippen LogP contribution in [0.15, 0.2) is 12.1 Å². The number of nitro benzene ring substituents is 1. The molecule has 0 radical (unpaired) electrons. The van der Waals surface area contributed by atoms with E-state index in [0.717, 1.165) is 12.1 Å². The lowest BCUT2D eigenvalue weighted by molar-refractivity contribution is -0.385. The average Bonchev–Trinajstić information content (AvgIpc) is 2.53. The molecular weight excluding hydrogens is 320 g/mol. The summed E-state index contributed by atoms with van der Waals surface area (Å²) in [6.07, 6.45) is -1.08. The fraction of sp³-hybridized carbons (Fsp3) is 0.467. The Morgan fingerprint density at radius 1 is 1.29 bits per heavy atom.